The molecule has 0 bridgehead atoms. The molecule has 2 nitrogen and oxygen atoms in total. The van der Waals surface area contributed by atoms with Crippen molar-refractivity contribution >= 4 is 5.97 Å². The molecule has 2 heteroatoms. The first-order valence-electron chi connectivity index (χ1n) is 5.47. The van der Waals surface area contributed by atoms with Crippen molar-refractivity contribution in [2.24, 2.45) is 0 Å². The summed E-state index contributed by atoms with van der Waals surface area (Å²) >= 11 is 0. The summed E-state index contributed by atoms with van der Waals surface area (Å²) in [4.78, 5) is 11.6. The number of unbranched alkanes of at least 4 members (excludes halogenated alkanes) is 1. The molecule has 0 N–H and O–H groups in total. The third-order valence-electron chi connectivity index (χ3n) is 2.40. The van der Waals surface area contributed by atoms with E-state index in [-0.39, 0.29) is 11.9 Å². The number of esters is 1. The second-order valence-electron chi connectivity index (χ2n) is 3.65. The van der Waals surface area contributed by atoms with Gasteiger partial charge >= 0.3 is 5.97 Å². The van der Waals surface area contributed by atoms with Crippen LogP contribution in [-0.4, -0.2) is 12.6 Å². The Morgan fingerprint density at radius 1 is 1.33 bits per heavy atom. The molecular weight excluding hydrogens is 188 g/mol. The first-order chi connectivity index (χ1) is 7.25. The van der Waals surface area contributed by atoms with Crippen LogP contribution in [0.25, 0.3) is 0 Å². The van der Waals surface area contributed by atoms with Crippen LogP contribution in [0.4, 0.5) is 0 Å². The minimum atomic E-state index is -0.164. The molecule has 0 amide bonds. The van der Waals surface area contributed by atoms with Gasteiger partial charge in [0, 0.05) is 0 Å². The average Bonchev–Trinajstić information content (AvgIpc) is 2.29. The molecule has 0 aliphatic heterocycles. The summed E-state index contributed by atoms with van der Waals surface area (Å²) < 4.78 is 5.16. The fourth-order valence-corrected chi connectivity index (χ4v) is 1.32. The second-order valence-corrected chi connectivity index (χ2v) is 3.65. The van der Waals surface area contributed by atoms with Gasteiger partial charge in [-0.1, -0.05) is 43.7 Å². The van der Waals surface area contributed by atoms with E-state index >= 15 is 0 Å². The molecule has 0 aliphatic carbocycles. The second kappa shape index (κ2) is 6.23. The third-order valence-corrected chi connectivity index (χ3v) is 2.40. The lowest BCUT2D eigenvalue weighted by Crippen LogP contribution is -2.13. The van der Waals surface area contributed by atoms with Crippen LogP contribution in [0.15, 0.2) is 30.3 Å². The van der Waals surface area contributed by atoms with Crippen molar-refractivity contribution in [3.63, 3.8) is 0 Å². The van der Waals surface area contributed by atoms with E-state index in [2.05, 4.69) is 6.92 Å². The zero-order valence-electron chi connectivity index (χ0n) is 9.40. The van der Waals surface area contributed by atoms with Crippen LogP contribution in [0.1, 0.15) is 38.2 Å². The SMILES string of the molecule is CCCCOC(=O)[C@H](C)c1ccccc1. The van der Waals surface area contributed by atoms with Gasteiger partial charge in [0.25, 0.3) is 0 Å². The summed E-state index contributed by atoms with van der Waals surface area (Å²) in [5.41, 5.74) is 1.01. The molecule has 0 saturated carbocycles. The number of carbonyl (C=O) groups is 1. The highest BCUT2D eigenvalue weighted by atomic mass is 16.5. The number of benzene rings is 1. The topological polar surface area (TPSA) is 26.3 Å². The molecule has 0 fully saturated rings. The van der Waals surface area contributed by atoms with Gasteiger partial charge in [0.05, 0.1) is 12.5 Å². The standard InChI is InChI=1S/C13H18O2/c1-3-4-10-15-13(14)11(2)12-8-6-5-7-9-12/h5-9,11H,3-4,10H2,1-2H3/t11-/m1/s1. The summed E-state index contributed by atoms with van der Waals surface area (Å²) in [5.74, 6) is -0.294. The van der Waals surface area contributed by atoms with E-state index in [1.165, 1.54) is 0 Å². The predicted octanol–water partition coefficient (Wildman–Crippen LogP) is 3.13. The molecule has 0 aliphatic rings. The highest BCUT2D eigenvalue weighted by molar-refractivity contribution is 5.77. The number of hydrogen-bond donors (Lipinski definition) is 0. The van der Waals surface area contributed by atoms with Gasteiger partial charge < -0.3 is 4.74 Å². The Morgan fingerprint density at radius 3 is 2.60 bits per heavy atom. The van der Waals surface area contributed by atoms with E-state index in [1.807, 2.05) is 37.3 Å². The van der Waals surface area contributed by atoms with E-state index in [4.69, 9.17) is 4.74 Å². The molecular formula is C13H18O2. The van der Waals surface area contributed by atoms with E-state index in [0.717, 1.165) is 18.4 Å². The molecule has 0 heterocycles. The highest BCUT2D eigenvalue weighted by Gasteiger charge is 2.15. The zero-order valence-corrected chi connectivity index (χ0v) is 9.40. The average molecular weight is 206 g/mol. The monoisotopic (exact) mass is 206 g/mol. The van der Waals surface area contributed by atoms with Gasteiger partial charge in [-0.05, 0) is 18.9 Å². The minimum Gasteiger partial charge on any atom is -0.465 e. The van der Waals surface area contributed by atoms with Gasteiger partial charge in [0.15, 0.2) is 0 Å². The molecule has 1 atom stereocenters. The number of rotatable bonds is 5. The van der Waals surface area contributed by atoms with E-state index in [9.17, 15) is 4.79 Å². The van der Waals surface area contributed by atoms with Gasteiger partial charge in [-0.15, -0.1) is 0 Å². The van der Waals surface area contributed by atoms with Crippen molar-refractivity contribution < 1.29 is 9.53 Å². The third kappa shape index (κ3) is 3.74. The Labute approximate surface area is 91.3 Å². The van der Waals surface area contributed by atoms with Crippen LogP contribution in [0.5, 0.6) is 0 Å². The summed E-state index contributed by atoms with van der Waals surface area (Å²) in [6.45, 7) is 4.49. The highest BCUT2D eigenvalue weighted by Crippen LogP contribution is 2.16. The van der Waals surface area contributed by atoms with Gasteiger partial charge in [-0.25, -0.2) is 0 Å². The quantitative estimate of drug-likeness (QED) is 0.546. The van der Waals surface area contributed by atoms with Crippen molar-refractivity contribution in [1.29, 1.82) is 0 Å². The van der Waals surface area contributed by atoms with Gasteiger partial charge in [0.1, 0.15) is 0 Å². The normalized spacial score (nSPS) is 12.1. The van der Waals surface area contributed by atoms with Crippen LogP contribution in [-0.2, 0) is 9.53 Å². The van der Waals surface area contributed by atoms with Crippen molar-refractivity contribution in [2.45, 2.75) is 32.6 Å². The van der Waals surface area contributed by atoms with Crippen LogP contribution in [0, 0.1) is 0 Å². The molecule has 0 aromatic heterocycles. The summed E-state index contributed by atoms with van der Waals surface area (Å²) in [6, 6.07) is 9.71. The molecule has 15 heavy (non-hydrogen) atoms. The van der Waals surface area contributed by atoms with Crippen molar-refractivity contribution in [2.75, 3.05) is 6.61 Å². The molecule has 1 aromatic rings. The number of ether oxygens (including phenoxy) is 1. The van der Waals surface area contributed by atoms with E-state index in [0.29, 0.717) is 6.61 Å². The maximum absolute atomic E-state index is 11.6. The number of carbonyl (C=O) groups excluding carboxylic acids is 1. The fraction of sp³-hybridized carbons (Fsp3) is 0.462. The smallest absolute Gasteiger partial charge is 0.313 e. The summed E-state index contributed by atoms with van der Waals surface area (Å²) in [7, 11) is 0. The molecule has 0 spiro atoms. The minimum absolute atomic E-state index is 0.130. The van der Waals surface area contributed by atoms with Crippen LogP contribution >= 0.6 is 0 Å². The Balaban J connectivity index is 2.46. The maximum atomic E-state index is 11.6. The van der Waals surface area contributed by atoms with Crippen LogP contribution in [0.2, 0.25) is 0 Å². The van der Waals surface area contributed by atoms with Crippen molar-refractivity contribution in [3.05, 3.63) is 35.9 Å². The fourth-order valence-electron chi connectivity index (χ4n) is 1.32. The van der Waals surface area contributed by atoms with Gasteiger partial charge in [-0.3, -0.25) is 4.79 Å². The van der Waals surface area contributed by atoms with E-state index in [1.54, 1.807) is 0 Å². The Kier molecular flexibility index (Phi) is 4.88. The molecule has 1 rings (SSSR count). The Hall–Kier alpha value is -1.31. The van der Waals surface area contributed by atoms with Crippen molar-refractivity contribution in [1.82, 2.24) is 0 Å². The molecule has 0 unspecified atom stereocenters. The Bertz CT molecular complexity index is 293. The zero-order chi connectivity index (χ0) is 11.1. The lowest BCUT2D eigenvalue weighted by Gasteiger charge is -2.11. The first-order valence-corrected chi connectivity index (χ1v) is 5.47. The van der Waals surface area contributed by atoms with Crippen LogP contribution in [0.3, 0.4) is 0 Å². The van der Waals surface area contributed by atoms with Crippen molar-refractivity contribution in [3.8, 4) is 0 Å². The molecule has 0 saturated heterocycles. The predicted molar refractivity (Wildman–Crippen MR) is 60.7 cm³/mol. The lowest BCUT2D eigenvalue weighted by molar-refractivity contribution is -0.145. The molecule has 82 valence electrons. The Morgan fingerprint density at radius 2 is 2.00 bits per heavy atom. The molecule has 0 radical (unpaired) electrons. The van der Waals surface area contributed by atoms with Gasteiger partial charge in [-0.2, -0.15) is 0 Å². The lowest BCUT2D eigenvalue weighted by atomic mass is 10.0. The van der Waals surface area contributed by atoms with Gasteiger partial charge in [0.2, 0.25) is 0 Å². The first kappa shape index (κ1) is 11.8. The van der Waals surface area contributed by atoms with Crippen LogP contribution < -0.4 is 0 Å². The number of hydrogen-bond acceptors (Lipinski definition) is 2. The largest absolute Gasteiger partial charge is 0.465 e. The maximum Gasteiger partial charge on any atom is 0.313 e. The molecule has 1 aromatic carbocycles. The summed E-state index contributed by atoms with van der Waals surface area (Å²) in [5, 5.41) is 0. The van der Waals surface area contributed by atoms with E-state index < -0.39 is 0 Å². The summed E-state index contributed by atoms with van der Waals surface area (Å²) in [6.07, 6.45) is 1.99.